The van der Waals surface area contributed by atoms with Crippen molar-refractivity contribution in [1.82, 2.24) is 4.98 Å². The molecule has 0 bridgehead atoms. The van der Waals surface area contributed by atoms with Gasteiger partial charge in [-0.15, -0.1) is 0 Å². The summed E-state index contributed by atoms with van der Waals surface area (Å²) in [5.41, 5.74) is 2.46. The smallest absolute Gasteiger partial charge is 0.323 e. The third-order valence-electron chi connectivity index (χ3n) is 8.00. The van der Waals surface area contributed by atoms with Crippen molar-refractivity contribution in [1.29, 1.82) is 0 Å². The molecule has 0 spiro atoms. The first-order valence-electron chi connectivity index (χ1n) is 16.3. The highest BCUT2D eigenvalue weighted by Gasteiger charge is 2.23. The predicted octanol–water partition coefficient (Wildman–Crippen LogP) is 8.08. The molecular formula is C37H42N5O9PS. The zero-order valence-electron chi connectivity index (χ0n) is 30.3. The van der Waals surface area contributed by atoms with E-state index in [0.29, 0.717) is 51.1 Å². The lowest BCUT2D eigenvalue weighted by molar-refractivity contribution is 0.262. The highest BCUT2D eigenvalue weighted by molar-refractivity contribution is 7.92. The standard InChI is InChI=1S/C37H42N5O9PS/c1-37(2,3)22-16-29(35(50-6)30(17-22)42-53(7,46)47)41-36(43)40-28-12-13-31(26-11-9-8-10-25(26)28)51-24-14-15-38-34(20-24)39-23-18-32(48-4)27(21-52(44)45)33(19-23)49-5/h8-20,42,52H,21H2,1-7H3,(H,38,39)(H,44,45)(H2,40,41,43). The lowest BCUT2D eigenvalue weighted by atomic mass is 9.86. The summed E-state index contributed by atoms with van der Waals surface area (Å²) in [5, 5.41) is 10.3. The van der Waals surface area contributed by atoms with Crippen molar-refractivity contribution in [3.63, 3.8) is 0 Å². The van der Waals surface area contributed by atoms with Crippen LogP contribution in [0, 0.1) is 0 Å². The van der Waals surface area contributed by atoms with Crippen LogP contribution in [0.4, 0.5) is 33.4 Å². The van der Waals surface area contributed by atoms with Gasteiger partial charge in [-0.2, -0.15) is 0 Å². The van der Waals surface area contributed by atoms with Crippen molar-refractivity contribution in [3.05, 3.63) is 90.1 Å². The number of aromatic nitrogens is 1. The summed E-state index contributed by atoms with van der Waals surface area (Å²) in [6.07, 6.45) is 2.54. The molecule has 0 fully saturated rings. The number of anilines is 5. The van der Waals surface area contributed by atoms with Gasteiger partial charge in [-0.25, -0.2) is 18.2 Å². The number of benzene rings is 4. The van der Waals surface area contributed by atoms with Crippen LogP contribution < -0.4 is 39.6 Å². The van der Waals surface area contributed by atoms with Crippen LogP contribution in [0.2, 0.25) is 0 Å². The van der Waals surface area contributed by atoms with E-state index in [-0.39, 0.29) is 28.7 Å². The number of ether oxygens (including phenoxy) is 4. The lowest BCUT2D eigenvalue weighted by Gasteiger charge is -2.24. The van der Waals surface area contributed by atoms with E-state index in [1.807, 2.05) is 45.0 Å². The second-order valence-corrected chi connectivity index (χ2v) is 15.9. The molecule has 4 aromatic carbocycles. The Labute approximate surface area is 308 Å². The first-order valence-corrected chi connectivity index (χ1v) is 19.7. The van der Waals surface area contributed by atoms with Crippen LogP contribution >= 0.6 is 8.03 Å². The van der Waals surface area contributed by atoms with E-state index < -0.39 is 24.1 Å². The Bertz CT molecular complexity index is 2270. The molecule has 0 aliphatic rings. The lowest BCUT2D eigenvalue weighted by Crippen LogP contribution is -2.22. The SMILES string of the molecule is COc1cc(Nc2cc(Oc3ccc(NC(=O)Nc4cc(C(C)(C)C)cc(NS(C)(=O)=O)c4OC)c4ccccc34)ccn2)cc(OC)c1C[PH](=O)O. The number of nitrogens with one attached hydrogen (secondary N) is 4. The number of rotatable bonds is 13. The van der Waals surface area contributed by atoms with Gasteiger partial charge in [-0.3, -0.25) is 9.29 Å². The van der Waals surface area contributed by atoms with Gasteiger partial charge in [0.1, 0.15) is 28.8 Å². The van der Waals surface area contributed by atoms with Crippen molar-refractivity contribution in [2.45, 2.75) is 32.3 Å². The van der Waals surface area contributed by atoms with E-state index in [0.717, 1.165) is 17.2 Å². The van der Waals surface area contributed by atoms with E-state index >= 15 is 0 Å². The fourth-order valence-electron chi connectivity index (χ4n) is 5.59. The molecule has 1 heterocycles. The maximum Gasteiger partial charge on any atom is 0.323 e. The van der Waals surface area contributed by atoms with E-state index in [2.05, 4.69) is 25.7 Å². The van der Waals surface area contributed by atoms with Crippen LogP contribution in [0.3, 0.4) is 0 Å². The van der Waals surface area contributed by atoms with Crippen LogP contribution in [0.1, 0.15) is 31.9 Å². The quantitative estimate of drug-likeness (QED) is 0.0730. The number of amides is 2. The number of fused-ring (bicyclic) bond motifs is 1. The molecule has 5 rings (SSSR count). The summed E-state index contributed by atoms with van der Waals surface area (Å²) in [4.78, 5) is 27.4. The zero-order valence-corrected chi connectivity index (χ0v) is 32.1. The van der Waals surface area contributed by atoms with Gasteiger partial charge in [0.2, 0.25) is 10.0 Å². The fourth-order valence-corrected chi connectivity index (χ4v) is 6.80. The number of hydrogen-bond donors (Lipinski definition) is 5. The third kappa shape index (κ3) is 9.69. The first-order chi connectivity index (χ1) is 25.1. The van der Waals surface area contributed by atoms with Crippen LogP contribution in [0.5, 0.6) is 28.7 Å². The molecule has 0 saturated carbocycles. The second kappa shape index (κ2) is 16.0. The minimum atomic E-state index is -3.65. The topological polar surface area (TPSA) is 186 Å². The van der Waals surface area contributed by atoms with Gasteiger partial charge in [0, 0.05) is 46.4 Å². The maximum absolute atomic E-state index is 13.5. The van der Waals surface area contributed by atoms with Crippen LogP contribution in [-0.2, 0) is 26.2 Å². The normalized spacial score (nSPS) is 12.1. The van der Waals surface area contributed by atoms with Crippen molar-refractivity contribution in [2.24, 2.45) is 0 Å². The highest BCUT2D eigenvalue weighted by Crippen LogP contribution is 2.41. The molecular weight excluding hydrogens is 721 g/mol. The molecule has 2 amide bonds. The first kappa shape index (κ1) is 38.7. The largest absolute Gasteiger partial charge is 0.496 e. The average molecular weight is 764 g/mol. The Morgan fingerprint density at radius 1 is 0.830 bits per heavy atom. The summed E-state index contributed by atoms with van der Waals surface area (Å²) >= 11 is 0. The number of nitrogens with zero attached hydrogens (tertiary/aromatic N) is 1. The van der Waals surface area contributed by atoms with Gasteiger partial charge in [0.15, 0.2) is 13.8 Å². The van der Waals surface area contributed by atoms with Crippen LogP contribution in [0.15, 0.2) is 79.0 Å². The summed E-state index contributed by atoms with van der Waals surface area (Å²) in [5.74, 6) is 2.40. The van der Waals surface area contributed by atoms with E-state index in [9.17, 15) is 22.7 Å². The summed E-state index contributed by atoms with van der Waals surface area (Å²) in [6, 6.07) is 20.5. The molecule has 0 aliphatic carbocycles. The Kier molecular flexibility index (Phi) is 11.7. The molecule has 5 aromatic rings. The minimum Gasteiger partial charge on any atom is -0.496 e. The molecule has 1 atom stereocenters. The van der Waals surface area contributed by atoms with Gasteiger partial charge in [-0.05, 0) is 41.3 Å². The fraction of sp³-hybridized carbons (Fsp3) is 0.243. The summed E-state index contributed by atoms with van der Waals surface area (Å²) < 4.78 is 61.1. The van der Waals surface area contributed by atoms with Crippen LogP contribution in [-0.4, -0.2) is 51.9 Å². The monoisotopic (exact) mass is 763 g/mol. The molecule has 5 N–H and O–H groups in total. The summed E-state index contributed by atoms with van der Waals surface area (Å²) in [7, 11) is -2.12. The number of pyridine rings is 1. The zero-order chi connectivity index (χ0) is 38.5. The average Bonchev–Trinajstić information content (AvgIpc) is 3.08. The number of urea groups is 1. The van der Waals surface area contributed by atoms with Crippen molar-refractivity contribution < 1.29 is 41.6 Å². The van der Waals surface area contributed by atoms with E-state index in [4.69, 9.17) is 18.9 Å². The van der Waals surface area contributed by atoms with Gasteiger partial charge in [-0.1, -0.05) is 45.0 Å². The van der Waals surface area contributed by atoms with Crippen molar-refractivity contribution in [2.75, 3.05) is 48.3 Å². The highest BCUT2D eigenvalue weighted by atomic mass is 32.2. The minimum absolute atomic E-state index is 0.0856. The Hall–Kier alpha value is -5.50. The number of sulfonamides is 1. The number of hydrogen-bond acceptors (Lipinski definition) is 10. The number of carbonyl (C=O) groups excluding carboxylic acids is 1. The van der Waals surface area contributed by atoms with Crippen molar-refractivity contribution in [3.8, 4) is 28.7 Å². The molecule has 0 radical (unpaired) electrons. The second-order valence-electron chi connectivity index (χ2n) is 13.0. The third-order valence-corrected chi connectivity index (χ3v) is 9.25. The molecule has 0 aliphatic heterocycles. The predicted molar refractivity (Wildman–Crippen MR) is 209 cm³/mol. The molecule has 16 heteroatoms. The molecule has 0 saturated heterocycles. The molecule has 1 aromatic heterocycles. The van der Waals surface area contributed by atoms with E-state index in [1.165, 1.54) is 21.3 Å². The molecule has 1 unspecified atom stereocenters. The number of methoxy groups -OCH3 is 3. The van der Waals surface area contributed by atoms with Gasteiger partial charge >= 0.3 is 6.03 Å². The van der Waals surface area contributed by atoms with Crippen molar-refractivity contribution >= 4 is 63.4 Å². The van der Waals surface area contributed by atoms with E-state index in [1.54, 1.807) is 54.7 Å². The molecule has 53 heavy (non-hydrogen) atoms. The molecule has 14 nitrogen and oxygen atoms in total. The Morgan fingerprint density at radius 3 is 2.08 bits per heavy atom. The van der Waals surface area contributed by atoms with Gasteiger partial charge in [0.05, 0.1) is 50.8 Å². The Morgan fingerprint density at radius 2 is 1.47 bits per heavy atom. The van der Waals surface area contributed by atoms with Crippen LogP contribution in [0.25, 0.3) is 10.8 Å². The van der Waals surface area contributed by atoms with Gasteiger partial charge < -0.3 is 39.8 Å². The van der Waals surface area contributed by atoms with Gasteiger partial charge in [0.25, 0.3) is 0 Å². The summed E-state index contributed by atoms with van der Waals surface area (Å²) in [6.45, 7) is 5.92. The molecule has 280 valence electrons. The maximum atomic E-state index is 13.5. The number of carbonyl (C=O) groups is 1. The Balaban J connectivity index is 1.39.